The number of carboxylic acids is 1. The second-order valence-electron chi connectivity index (χ2n) is 5.41. The van der Waals surface area contributed by atoms with Crippen LogP contribution in [0.1, 0.15) is 57.8 Å². The minimum absolute atomic E-state index is 0.0732. The molecule has 0 heterocycles. The van der Waals surface area contributed by atoms with Crippen LogP contribution in [0.25, 0.3) is 0 Å². The number of carbonyl (C=O) groups is 2. The fraction of sp³-hybridized carbons (Fsp3) is 0.857. The van der Waals surface area contributed by atoms with Crippen LogP contribution in [0, 0.1) is 0 Å². The standard InChI is InChI=1S/C14H26N2O3/c1-16(11-7-10-13(17)18)14(19)15-12-8-5-3-2-4-6-9-12/h12H,2-11H2,1H3,(H,15,19)(H,17,18). The lowest BCUT2D eigenvalue weighted by Gasteiger charge is -2.25. The third kappa shape index (κ3) is 7.03. The minimum Gasteiger partial charge on any atom is -0.481 e. The van der Waals surface area contributed by atoms with Crippen molar-refractivity contribution < 1.29 is 14.7 Å². The van der Waals surface area contributed by atoms with E-state index in [9.17, 15) is 9.59 Å². The molecule has 19 heavy (non-hydrogen) atoms. The van der Waals surface area contributed by atoms with Gasteiger partial charge in [-0.05, 0) is 19.3 Å². The van der Waals surface area contributed by atoms with Gasteiger partial charge in [0.05, 0.1) is 0 Å². The van der Waals surface area contributed by atoms with Crippen molar-refractivity contribution in [3.63, 3.8) is 0 Å². The first-order valence-corrected chi connectivity index (χ1v) is 7.33. The van der Waals surface area contributed by atoms with E-state index in [0.717, 1.165) is 12.8 Å². The molecule has 0 aromatic heterocycles. The van der Waals surface area contributed by atoms with Gasteiger partial charge in [-0.1, -0.05) is 32.1 Å². The van der Waals surface area contributed by atoms with Crippen molar-refractivity contribution in [3.05, 3.63) is 0 Å². The smallest absolute Gasteiger partial charge is 0.317 e. The van der Waals surface area contributed by atoms with E-state index in [-0.39, 0.29) is 18.5 Å². The second-order valence-corrected chi connectivity index (χ2v) is 5.41. The van der Waals surface area contributed by atoms with E-state index in [2.05, 4.69) is 5.32 Å². The van der Waals surface area contributed by atoms with Crippen LogP contribution in [0.5, 0.6) is 0 Å². The molecule has 1 fully saturated rings. The molecule has 2 amide bonds. The number of carboxylic acid groups (broad SMARTS) is 1. The van der Waals surface area contributed by atoms with Gasteiger partial charge >= 0.3 is 12.0 Å². The molecule has 5 heteroatoms. The summed E-state index contributed by atoms with van der Waals surface area (Å²) < 4.78 is 0. The van der Waals surface area contributed by atoms with E-state index in [1.54, 1.807) is 11.9 Å². The molecule has 0 spiro atoms. The highest BCUT2D eigenvalue weighted by Gasteiger charge is 2.16. The normalized spacial score (nSPS) is 17.3. The first kappa shape index (κ1) is 15.8. The van der Waals surface area contributed by atoms with Crippen molar-refractivity contribution in [3.8, 4) is 0 Å². The number of rotatable bonds is 5. The van der Waals surface area contributed by atoms with E-state index in [1.165, 1.54) is 32.1 Å². The summed E-state index contributed by atoms with van der Waals surface area (Å²) >= 11 is 0. The Morgan fingerprint density at radius 3 is 2.32 bits per heavy atom. The van der Waals surface area contributed by atoms with Crippen molar-refractivity contribution in [2.45, 2.75) is 63.8 Å². The Morgan fingerprint density at radius 2 is 1.74 bits per heavy atom. The van der Waals surface area contributed by atoms with Crippen molar-refractivity contribution >= 4 is 12.0 Å². The molecule has 0 saturated heterocycles. The first-order valence-electron chi connectivity index (χ1n) is 7.33. The van der Waals surface area contributed by atoms with Crippen molar-refractivity contribution in [1.29, 1.82) is 0 Å². The minimum atomic E-state index is -0.811. The van der Waals surface area contributed by atoms with Crippen LogP contribution in [0.15, 0.2) is 0 Å². The Balaban J connectivity index is 2.25. The molecule has 0 atom stereocenters. The Labute approximate surface area is 115 Å². The zero-order valence-electron chi connectivity index (χ0n) is 11.9. The zero-order chi connectivity index (χ0) is 14.1. The lowest BCUT2D eigenvalue weighted by atomic mass is 9.97. The number of hydrogen-bond acceptors (Lipinski definition) is 2. The molecule has 0 bridgehead atoms. The van der Waals surface area contributed by atoms with Crippen LogP contribution >= 0.6 is 0 Å². The Hall–Kier alpha value is -1.26. The summed E-state index contributed by atoms with van der Waals surface area (Å²) in [4.78, 5) is 24.0. The van der Waals surface area contributed by atoms with Crippen LogP contribution in [0.3, 0.4) is 0 Å². The molecule has 2 N–H and O–H groups in total. The predicted molar refractivity (Wildman–Crippen MR) is 74.1 cm³/mol. The van der Waals surface area contributed by atoms with E-state index >= 15 is 0 Å². The average molecular weight is 270 g/mol. The summed E-state index contributed by atoms with van der Waals surface area (Å²) in [6, 6.07) is 0.214. The number of carbonyl (C=O) groups excluding carboxylic acids is 1. The van der Waals surface area contributed by atoms with Crippen LogP contribution in [-0.4, -0.2) is 41.6 Å². The van der Waals surface area contributed by atoms with Gasteiger partial charge in [0.2, 0.25) is 0 Å². The van der Waals surface area contributed by atoms with E-state index in [4.69, 9.17) is 5.11 Å². The molecule has 0 aromatic rings. The maximum atomic E-state index is 12.0. The van der Waals surface area contributed by atoms with Crippen molar-refractivity contribution in [2.75, 3.05) is 13.6 Å². The summed E-state index contributed by atoms with van der Waals surface area (Å²) in [5, 5.41) is 11.6. The van der Waals surface area contributed by atoms with E-state index < -0.39 is 5.97 Å². The largest absolute Gasteiger partial charge is 0.481 e. The number of nitrogens with one attached hydrogen (secondary N) is 1. The topological polar surface area (TPSA) is 69.6 Å². The number of amides is 2. The summed E-state index contributed by atoms with van der Waals surface area (Å²) in [7, 11) is 1.72. The monoisotopic (exact) mass is 270 g/mol. The number of aliphatic carboxylic acids is 1. The third-order valence-electron chi connectivity index (χ3n) is 3.66. The number of hydrogen-bond donors (Lipinski definition) is 2. The molecule has 0 unspecified atom stereocenters. The summed E-state index contributed by atoms with van der Waals surface area (Å²) in [5.41, 5.74) is 0. The third-order valence-corrected chi connectivity index (χ3v) is 3.66. The first-order chi connectivity index (χ1) is 9.09. The zero-order valence-corrected chi connectivity index (χ0v) is 11.9. The van der Waals surface area contributed by atoms with Crippen molar-refractivity contribution in [2.24, 2.45) is 0 Å². The van der Waals surface area contributed by atoms with Crippen LogP contribution in [-0.2, 0) is 4.79 Å². The number of nitrogens with zero attached hydrogens (tertiary/aromatic N) is 1. The maximum absolute atomic E-state index is 12.0. The van der Waals surface area contributed by atoms with Gasteiger partial charge in [-0.3, -0.25) is 4.79 Å². The highest BCUT2D eigenvalue weighted by atomic mass is 16.4. The SMILES string of the molecule is CN(CCCC(=O)O)C(=O)NC1CCCCCCC1. The highest BCUT2D eigenvalue weighted by Crippen LogP contribution is 2.17. The summed E-state index contributed by atoms with van der Waals surface area (Å²) in [6.45, 7) is 0.491. The molecule has 110 valence electrons. The molecule has 1 rings (SSSR count). The Bertz CT molecular complexity index is 286. The molecule has 0 aromatic carbocycles. The maximum Gasteiger partial charge on any atom is 0.317 e. The molecule has 1 aliphatic rings. The lowest BCUT2D eigenvalue weighted by Crippen LogP contribution is -2.43. The van der Waals surface area contributed by atoms with Crippen molar-refractivity contribution in [1.82, 2.24) is 10.2 Å². The summed E-state index contributed by atoms with van der Waals surface area (Å²) in [6.07, 6.45) is 8.97. The Kier molecular flexibility index (Phi) is 7.30. The van der Waals surface area contributed by atoms with Gasteiger partial charge in [0, 0.05) is 26.1 Å². The van der Waals surface area contributed by atoms with Crippen LogP contribution in [0.2, 0.25) is 0 Å². The van der Waals surface area contributed by atoms with Gasteiger partial charge in [0.25, 0.3) is 0 Å². The molecular formula is C14H26N2O3. The predicted octanol–water partition coefficient (Wildman–Crippen LogP) is 2.61. The number of urea groups is 1. The fourth-order valence-corrected chi connectivity index (χ4v) is 2.45. The second kappa shape index (κ2) is 8.77. The molecule has 1 aliphatic carbocycles. The van der Waals surface area contributed by atoms with E-state index in [1.807, 2.05) is 0 Å². The van der Waals surface area contributed by atoms with Gasteiger partial charge in [0.1, 0.15) is 0 Å². The average Bonchev–Trinajstić information content (AvgIpc) is 2.31. The molecule has 0 aliphatic heterocycles. The summed E-state index contributed by atoms with van der Waals surface area (Å²) in [5.74, 6) is -0.811. The fourth-order valence-electron chi connectivity index (χ4n) is 2.45. The van der Waals surface area contributed by atoms with E-state index in [0.29, 0.717) is 13.0 Å². The van der Waals surface area contributed by atoms with Crippen LogP contribution < -0.4 is 5.32 Å². The van der Waals surface area contributed by atoms with Gasteiger partial charge in [-0.2, -0.15) is 0 Å². The van der Waals surface area contributed by atoms with Gasteiger partial charge < -0.3 is 15.3 Å². The van der Waals surface area contributed by atoms with Gasteiger partial charge in [-0.25, -0.2) is 4.79 Å². The molecule has 1 saturated carbocycles. The molecular weight excluding hydrogens is 244 g/mol. The van der Waals surface area contributed by atoms with Gasteiger partial charge in [0.15, 0.2) is 0 Å². The van der Waals surface area contributed by atoms with Gasteiger partial charge in [-0.15, -0.1) is 0 Å². The quantitative estimate of drug-likeness (QED) is 0.806. The van der Waals surface area contributed by atoms with Crippen LogP contribution in [0.4, 0.5) is 4.79 Å². The lowest BCUT2D eigenvalue weighted by molar-refractivity contribution is -0.137. The molecule has 5 nitrogen and oxygen atoms in total. The Morgan fingerprint density at radius 1 is 1.16 bits per heavy atom. The highest BCUT2D eigenvalue weighted by molar-refractivity contribution is 5.74. The molecule has 0 radical (unpaired) electrons.